The zero-order chi connectivity index (χ0) is 25.3. The SMILES string of the molecule is CCC/C=C/CCCCCCCCCCCC(=O)C1=NCC[N+]1(CCO)CC(O)CS(=O)(=O)O. The van der Waals surface area contributed by atoms with E-state index < -0.39 is 22.0 Å². The third kappa shape index (κ3) is 13.1. The summed E-state index contributed by atoms with van der Waals surface area (Å²) in [6, 6.07) is 0. The van der Waals surface area contributed by atoms with E-state index in [1.165, 1.54) is 57.8 Å². The van der Waals surface area contributed by atoms with E-state index in [2.05, 4.69) is 24.1 Å². The summed E-state index contributed by atoms with van der Waals surface area (Å²) in [6.45, 7) is 2.93. The third-order valence-electron chi connectivity index (χ3n) is 6.38. The number of aliphatic hydroxyl groups is 2. The smallest absolute Gasteiger partial charge is 0.267 e. The van der Waals surface area contributed by atoms with Gasteiger partial charge in [0.05, 0.1) is 13.2 Å². The van der Waals surface area contributed by atoms with Crippen LogP contribution in [0, 0.1) is 0 Å². The summed E-state index contributed by atoms with van der Waals surface area (Å²) in [4.78, 5) is 17.2. The Kier molecular flexibility index (Phi) is 15.7. The minimum absolute atomic E-state index is 0.0274. The fraction of sp³-hybridized carbons (Fsp3) is 0.840. The highest BCUT2D eigenvalue weighted by Crippen LogP contribution is 2.20. The van der Waals surface area contributed by atoms with E-state index in [-0.39, 0.29) is 30.0 Å². The van der Waals surface area contributed by atoms with E-state index in [9.17, 15) is 23.4 Å². The monoisotopic (exact) mass is 503 g/mol. The largest absolute Gasteiger partial charge is 0.390 e. The molecule has 0 saturated heterocycles. The van der Waals surface area contributed by atoms with E-state index in [4.69, 9.17) is 4.55 Å². The molecule has 0 bridgehead atoms. The maximum Gasteiger partial charge on any atom is 0.267 e. The van der Waals surface area contributed by atoms with Gasteiger partial charge in [0.1, 0.15) is 31.5 Å². The van der Waals surface area contributed by atoms with E-state index in [0.717, 1.165) is 19.3 Å². The second kappa shape index (κ2) is 17.3. The van der Waals surface area contributed by atoms with Crippen LogP contribution < -0.4 is 0 Å². The standard InChI is InChI=1S/C25H46N2O6S/c1-2-3-4-5-6-7-8-9-10-11-12-13-14-15-16-24(30)25-26-17-18-27(25,19-20-28)21-23(29)22-34(31,32)33/h4-5,23,28-29H,2-3,6-22H2,1H3/p+1/b5-4+. The van der Waals surface area contributed by atoms with Crippen LogP contribution in [0.2, 0.25) is 0 Å². The van der Waals surface area contributed by atoms with Gasteiger partial charge in [-0.25, -0.2) is 4.99 Å². The number of unbranched alkanes of at least 4 members (excludes halogenated alkanes) is 10. The molecule has 34 heavy (non-hydrogen) atoms. The number of aliphatic hydroxyl groups excluding tert-OH is 2. The molecule has 8 nitrogen and oxygen atoms in total. The van der Waals surface area contributed by atoms with Crippen molar-refractivity contribution in [1.82, 2.24) is 0 Å². The van der Waals surface area contributed by atoms with Crippen molar-refractivity contribution < 1.29 is 32.5 Å². The van der Waals surface area contributed by atoms with Gasteiger partial charge < -0.3 is 10.2 Å². The van der Waals surface area contributed by atoms with Gasteiger partial charge in [0.2, 0.25) is 5.78 Å². The van der Waals surface area contributed by atoms with Gasteiger partial charge in [-0.2, -0.15) is 8.42 Å². The van der Waals surface area contributed by atoms with Gasteiger partial charge in [-0.15, -0.1) is 0 Å². The minimum atomic E-state index is -4.33. The summed E-state index contributed by atoms with van der Waals surface area (Å²) >= 11 is 0. The van der Waals surface area contributed by atoms with E-state index in [1.54, 1.807) is 0 Å². The Morgan fingerprint density at radius 1 is 1.03 bits per heavy atom. The lowest BCUT2D eigenvalue weighted by molar-refractivity contribution is -0.837. The highest BCUT2D eigenvalue weighted by atomic mass is 32.2. The molecule has 0 radical (unpaired) electrons. The highest BCUT2D eigenvalue weighted by molar-refractivity contribution is 7.85. The maximum absolute atomic E-state index is 12.8. The molecule has 0 spiro atoms. The van der Waals surface area contributed by atoms with E-state index in [0.29, 0.717) is 25.3 Å². The summed E-state index contributed by atoms with van der Waals surface area (Å²) in [5.74, 6) is -0.582. The number of ketones is 1. The van der Waals surface area contributed by atoms with Crippen LogP contribution in [-0.4, -0.2) is 83.9 Å². The summed E-state index contributed by atoms with van der Waals surface area (Å²) in [6.07, 6.45) is 17.6. The zero-order valence-electron chi connectivity index (χ0n) is 21.0. The number of quaternary nitrogens is 1. The number of allylic oxidation sites excluding steroid dienone is 2. The first-order valence-electron chi connectivity index (χ1n) is 13.1. The van der Waals surface area contributed by atoms with Crippen molar-refractivity contribution in [3.63, 3.8) is 0 Å². The molecule has 0 amide bonds. The van der Waals surface area contributed by atoms with Gasteiger partial charge in [-0.05, 0) is 25.7 Å². The number of rotatable bonds is 21. The van der Waals surface area contributed by atoms with Crippen LogP contribution >= 0.6 is 0 Å². The molecule has 2 unspecified atom stereocenters. The second-order valence-corrected chi connectivity index (χ2v) is 11.0. The molecule has 0 fully saturated rings. The molecule has 9 heteroatoms. The maximum atomic E-state index is 12.8. The van der Waals surface area contributed by atoms with Crippen LogP contribution in [0.3, 0.4) is 0 Å². The van der Waals surface area contributed by atoms with Gasteiger partial charge in [-0.1, -0.05) is 70.4 Å². The fourth-order valence-electron chi connectivity index (χ4n) is 4.63. The Labute approximate surface area is 206 Å². The summed E-state index contributed by atoms with van der Waals surface area (Å²) in [5.41, 5.74) is 0. The van der Waals surface area contributed by atoms with Gasteiger partial charge in [0.25, 0.3) is 16.0 Å². The predicted molar refractivity (Wildman–Crippen MR) is 137 cm³/mol. The quantitative estimate of drug-likeness (QED) is 0.0950. The second-order valence-electron chi connectivity index (χ2n) is 9.51. The van der Waals surface area contributed by atoms with Crippen molar-refractivity contribution in [2.75, 3.05) is 38.5 Å². The fourth-order valence-corrected chi connectivity index (χ4v) is 5.22. The minimum Gasteiger partial charge on any atom is -0.390 e. The predicted octanol–water partition coefficient (Wildman–Crippen LogP) is 3.67. The Bertz CT molecular complexity index is 738. The molecule has 0 saturated carbocycles. The Morgan fingerprint density at radius 2 is 1.62 bits per heavy atom. The van der Waals surface area contributed by atoms with Crippen LogP contribution in [0.4, 0.5) is 0 Å². The van der Waals surface area contributed by atoms with Crippen molar-refractivity contribution in [2.45, 2.75) is 96.5 Å². The van der Waals surface area contributed by atoms with Crippen molar-refractivity contribution in [1.29, 1.82) is 0 Å². The summed E-state index contributed by atoms with van der Waals surface area (Å²) < 4.78 is 31.2. The molecule has 1 aliphatic heterocycles. The highest BCUT2D eigenvalue weighted by Gasteiger charge is 2.43. The molecular weight excluding hydrogens is 456 g/mol. The average molecular weight is 504 g/mol. The molecule has 1 aliphatic rings. The average Bonchev–Trinajstić information content (AvgIpc) is 3.15. The number of amidine groups is 1. The summed E-state index contributed by atoms with van der Waals surface area (Å²) in [5, 5.41) is 19.7. The topological polar surface area (TPSA) is 124 Å². The summed E-state index contributed by atoms with van der Waals surface area (Å²) in [7, 11) is -4.33. The number of Topliss-reactive ketones (excluding diaryl/α,β-unsaturated/α-hetero) is 1. The molecule has 2 atom stereocenters. The van der Waals surface area contributed by atoms with Crippen molar-refractivity contribution in [3.8, 4) is 0 Å². The number of hydrogen-bond acceptors (Lipinski definition) is 6. The number of nitrogens with zero attached hydrogens (tertiary/aromatic N) is 2. The lowest BCUT2D eigenvalue weighted by Gasteiger charge is -2.34. The van der Waals surface area contributed by atoms with Gasteiger partial charge >= 0.3 is 0 Å². The van der Waals surface area contributed by atoms with Crippen LogP contribution in [0.15, 0.2) is 17.1 Å². The van der Waals surface area contributed by atoms with E-state index in [1.807, 2.05) is 0 Å². The number of carbonyl (C=O) groups is 1. The van der Waals surface area contributed by atoms with E-state index >= 15 is 0 Å². The third-order valence-corrected chi connectivity index (χ3v) is 7.18. The normalized spacial score (nSPS) is 19.6. The molecule has 0 aromatic rings. The molecule has 0 aromatic heterocycles. The molecule has 0 aliphatic carbocycles. The molecule has 1 rings (SSSR count). The zero-order valence-corrected chi connectivity index (χ0v) is 21.9. The lowest BCUT2D eigenvalue weighted by Crippen LogP contribution is -2.59. The molecule has 198 valence electrons. The molecule has 1 heterocycles. The van der Waals surface area contributed by atoms with Gasteiger partial charge in [0, 0.05) is 6.42 Å². The first-order valence-corrected chi connectivity index (χ1v) is 14.7. The van der Waals surface area contributed by atoms with Crippen molar-refractivity contribution in [3.05, 3.63) is 12.2 Å². The Morgan fingerprint density at radius 3 is 2.21 bits per heavy atom. The van der Waals surface area contributed by atoms with Gasteiger partial charge in [0.15, 0.2) is 0 Å². The van der Waals surface area contributed by atoms with Crippen LogP contribution in [-0.2, 0) is 14.9 Å². The number of aliphatic imine (C=N–C) groups is 1. The Hall–Kier alpha value is -1.13. The molecular formula is C25H47N2O6S+. The van der Waals surface area contributed by atoms with Gasteiger partial charge in [-0.3, -0.25) is 13.8 Å². The van der Waals surface area contributed by atoms with Crippen molar-refractivity contribution in [2.24, 2.45) is 4.99 Å². The first-order chi connectivity index (χ1) is 16.2. The lowest BCUT2D eigenvalue weighted by atomic mass is 10.0. The number of hydrogen-bond donors (Lipinski definition) is 3. The molecule has 0 aromatic carbocycles. The molecule has 3 N–H and O–H groups in total. The number of carbonyl (C=O) groups excluding carboxylic acids is 1. The first kappa shape index (κ1) is 30.9. The van der Waals surface area contributed by atoms with Crippen molar-refractivity contribution >= 4 is 21.7 Å². The van der Waals surface area contributed by atoms with Crippen LogP contribution in [0.25, 0.3) is 0 Å². The van der Waals surface area contributed by atoms with Crippen LogP contribution in [0.1, 0.15) is 90.4 Å². The Balaban J connectivity index is 2.26. The van der Waals surface area contributed by atoms with Crippen LogP contribution in [0.5, 0.6) is 0 Å².